The number of para-hydroxylation sites is 2. The highest BCUT2D eigenvalue weighted by Crippen LogP contribution is 2.28. The summed E-state index contributed by atoms with van der Waals surface area (Å²) in [6, 6.07) is 38.0. The largest absolute Gasteiger partial charge is 0.459 e. The molecule has 2 aromatic heterocycles. The summed E-state index contributed by atoms with van der Waals surface area (Å²) in [4.78, 5) is 20.4. The molecule has 0 atom stereocenters. The number of rotatable bonds is 6. The van der Waals surface area contributed by atoms with Gasteiger partial charge in [0, 0.05) is 23.5 Å². The minimum absolute atomic E-state index is 0.0584. The zero-order valence-corrected chi connectivity index (χ0v) is 19.7. The molecule has 174 valence electrons. The Bertz CT molecular complexity index is 1630. The zero-order valence-electron chi connectivity index (χ0n) is 19.7. The van der Waals surface area contributed by atoms with Gasteiger partial charge < -0.3 is 9.32 Å². The van der Waals surface area contributed by atoms with Crippen LogP contribution in [-0.2, 0) is 13.1 Å². The molecule has 0 fully saturated rings. The Labute approximate surface area is 209 Å². The molecule has 0 aliphatic heterocycles. The highest BCUT2D eigenvalue weighted by molar-refractivity contribution is 6.06. The number of fused-ring (bicyclic) bond motifs is 2. The van der Waals surface area contributed by atoms with Gasteiger partial charge in [-0.25, -0.2) is 0 Å². The molecule has 0 spiro atoms. The first-order chi connectivity index (χ1) is 17.8. The third-order valence-electron chi connectivity index (χ3n) is 6.45. The van der Waals surface area contributed by atoms with Gasteiger partial charge in [-0.05, 0) is 41.0 Å². The van der Waals surface area contributed by atoms with Crippen LogP contribution < -0.4 is 0 Å². The minimum atomic E-state index is -0.0584. The number of hydrogen-bond acceptors (Lipinski definition) is 3. The summed E-state index contributed by atoms with van der Waals surface area (Å²) in [6.45, 7) is 0.797. The normalized spacial score (nSPS) is 11.1. The van der Waals surface area contributed by atoms with Gasteiger partial charge in [-0.2, -0.15) is 0 Å². The van der Waals surface area contributed by atoms with Crippen molar-refractivity contribution in [2.75, 3.05) is 0 Å². The van der Waals surface area contributed by atoms with Crippen molar-refractivity contribution in [3.05, 3.63) is 138 Å². The summed E-state index contributed by atoms with van der Waals surface area (Å²) in [5, 5.41) is 1.87. The summed E-state index contributed by atoms with van der Waals surface area (Å²) in [5.41, 5.74) is 5.56. The predicted octanol–water partition coefficient (Wildman–Crippen LogP) is 7.49. The van der Waals surface area contributed by atoms with E-state index >= 15 is 0 Å². The van der Waals surface area contributed by atoms with Crippen LogP contribution in [0.25, 0.3) is 33.0 Å². The van der Waals surface area contributed by atoms with Crippen molar-refractivity contribution >= 4 is 27.8 Å². The van der Waals surface area contributed by atoms with E-state index in [1.807, 2.05) is 89.8 Å². The first kappa shape index (κ1) is 21.8. The van der Waals surface area contributed by atoms with E-state index in [1.165, 1.54) is 0 Å². The van der Waals surface area contributed by atoms with Gasteiger partial charge in [-0.15, -0.1) is 0 Å². The van der Waals surface area contributed by atoms with E-state index in [1.54, 1.807) is 12.3 Å². The number of carbonyl (C=O) groups excluding carboxylic acids is 1. The number of pyridine rings is 1. The van der Waals surface area contributed by atoms with Gasteiger partial charge >= 0.3 is 0 Å². The van der Waals surface area contributed by atoms with Crippen molar-refractivity contribution < 1.29 is 9.21 Å². The predicted molar refractivity (Wildman–Crippen MR) is 143 cm³/mol. The van der Waals surface area contributed by atoms with Crippen LogP contribution in [0.4, 0.5) is 0 Å². The second-order valence-electron chi connectivity index (χ2n) is 8.81. The van der Waals surface area contributed by atoms with Gasteiger partial charge in [-0.1, -0.05) is 91.0 Å². The van der Waals surface area contributed by atoms with Crippen LogP contribution in [0.2, 0.25) is 0 Å². The van der Waals surface area contributed by atoms with Crippen LogP contribution in [0.5, 0.6) is 0 Å². The second-order valence-corrected chi connectivity index (χ2v) is 8.81. The molecule has 4 heteroatoms. The van der Waals surface area contributed by atoms with Crippen molar-refractivity contribution in [3.8, 4) is 11.1 Å². The Hall–Kier alpha value is -4.70. The van der Waals surface area contributed by atoms with Crippen LogP contribution in [0.3, 0.4) is 0 Å². The molecular formula is C32H24N2O2. The fourth-order valence-electron chi connectivity index (χ4n) is 4.72. The van der Waals surface area contributed by atoms with E-state index in [-0.39, 0.29) is 5.91 Å². The smallest absolute Gasteiger partial charge is 0.255 e. The average molecular weight is 469 g/mol. The van der Waals surface area contributed by atoms with Crippen LogP contribution in [0.15, 0.2) is 126 Å². The topological polar surface area (TPSA) is 46.3 Å². The Morgan fingerprint density at radius 2 is 1.50 bits per heavy atom. The molecule has 0 unspecified atom stereocenters. The van der Waals surface area contributed by atoms with Crippen LogP contribution in [-0.4, -0.2) is 15.8 Å². The van der Waals surface area contributed by atoms with Gasteiger partial charge in [0.15, 0.2) is 0 Å². The molecule has 0 saturated heterocycles. The number of aromatic nitrogens is 1. The van der Waals surface area contributed by atoms with E-state index in [0.29, 0.717) is 18.7 Å². The van der Waals surface area contributed by atoms with E-state index in [0.717, 1.165) is 44.3 Å². The second kappa shape index (κ2) is 9.51. The van der Waals surface area contributed by atoms with E-state index in [2.05, 4.69) is 29.2 Å². The van der Waals surface area contributed by atoms with Crippen molar-refractivity contribution in [1.29, 1.82) is 0 Å². The molecule has 0 bridgehead atoms. The molecule has 2 heterocycles. The highest BCUT2D eigenvalue weighted by Gasteiger charge is 2.22. The molecule has 0 saturated carbocycles. The molecule has 36 heavy (non-hydrogen) atoms. The van der Waals surface area contributed by atoms with Gasteiger partial charge in [0.25, 0.3) is 5.91 Å². The van der Waals surface area contributed by atoms with Crippen molar-refractivity contribution in [1.82, 2.24) is 9.88 Å². The van der Waals surface area contributed by atoms with Crippen molar-refractivity contribution in [2.45, 2.75) is 13.1 Å². The molecule has 0 radical (unpaired) electrons. The summed E-state index contributed by atoms with van der Waals surface area (Å²) >= 11 is 0. The fraction of sp³-hybridized carbons (Fsp3) is 0.0625. The van der Waals surface area contributed by atoms with E-state index < -0.39 is 0 Å². The van der Waals surface area contributed by atoms with Crippen LogP contribution in [0, 0.1) is 0 Å². The molecule has 0 N–H and O–H groups in total. The Morgan fingerprint density at radius 3 is 2.39 bits per heavy atom. The number of benzene rings is 4. The number of nitrogens with zero attached hydrogens (tertiary/aromatic N) is 2. The number of hydrogen-bond donors (Lipinski definition) is 0. The maximum atomic E-state index is 14.1. The van der Waals surface area contributed by atoms with Crippen LogP contribution in [0.1, 0.15) is 21.7 Å². The number of furan rings is 1. The Kier molecular flexibility index (Phi) is 5.76. The van der Waals surface area contributed by atoms with Gasteiger partial charge in [0.1, 0.15) is 11.3 Å². The molecule has 6 aromatic rings. The third kappa shape index (κ3) is 4.25. The van der Waals surface area contributed by atoms with Crippen molar-refractivity contribution in [2.24, 2.45) is 0 Å². The molecule has 0 aliphatic carbocycles. The summed E-state index contributed by atoms with van der Waals surface area (Å²) in [7, 11) is 0. The number of amides is 1. The quantitative estimate of drug-likeness (QED) is 0.254. The highest BCUT2D eigenvalue weighted by atomic mass is 16.3. The first-order valence-electron chi connectivity index (χ1n) is 12.0. The lowest BCUT2D eigenvalue weighted by molar-refractivity contribution is 0.0721. The fourth-order valence-corrected chi connectivity index (χ4v) is 4.72. The summed E-state index contributed by atoms with van der Waals surface area (Å²) in [6.07, 6.45) is 1.70. The molecule has 1 amide bonds. The first-order valence-corrected chi connectivity index (χ1v) is 12.0. The number of carbonyl (C=O) groups is 1. The maximum Gasteiger partial charge on any atom is 0.255 e. The van der Waals surface area contributed by atoms with Crippen LogP contribution >= 0.6 is 0 Å². The molecule has 0 aliphatic rings. The standard InChI is InChI=1S/C32H24N2O2/c35-32(29-18-19-33-30-16-8-7-15-28(29)30)34(22-26-20-24-12-5-9-17-31(24)36-26)21-25-13-4-6-14-27(25)23-10-2-1-3-11-23/h1-20H,21-22H2. The maximum absolute atomic E-state index is 14.1. The molecular weight excluding hydrogens is 444 g/mol. The molecule has 4 nitrogen and oxygen atoms in total. The lowest BCUT2D eigenvalue weighted by Crippen LogP contribution is -2.30. The van der Waals surface area contributed by atoms with Gasteiger partial charge in [-0.3, -0.25) is 9.78 Å². The minimum Gasteiger partial charge on any atom is -0.459 e. The molecule has 4 aromatic carbocycles. The van der Waals surface area contributed by atoms with Gasteiger partial charge in [0.2, 0.25) is 0 Å². The Balaban J connectivity index is 1.42. The average Bonchev–Trinajstić information content (AvgIpc) is 3.35. The SMILES string of the molecule is O=C(c1ccnc2ccccc12)N(Cc1cc2ccccc2o1)Cc1ccccc1-c1ccccc1. The van der Waals surface area contributed by atoms with E-state index in [9.17, 15) is 4.79 Å². The monoisotopic (exact) mass is 468 g/mol. The third-order valence-corrected chi connectivity index (χ3v) is 6.45. The zero-order chi connectivity index (χ0) is 24.3. The van der Waals surface area contributed by atoms with Gasteiger partial charge in [0.05, 0.1) is 17.6 Å². The Morgan fingerprint density at radius 1 is 0.750 bits per heavy atom. The molecule has 6 rings (SSSR count). The lowest BCUT2D eigenvalue weighted by atomic mass is 9.99. The van der Waals surface area contributed by atoms with Crippen molar-refractivity contribution in [3.63, 3.8) is 0 Å². The summed E-state index contributed by atoms with van der Waals surface area (Å²) < 4.78 is 6.12. The van der Waals surface area contributed by atoms with E-state index in [4.69, 9.17) is 4.42 Å². The lowest BCUT2D eigenvalue weighted by Gasteiger charge is -2.24. The summed E-state index contributed by atoms with van der Waals surface area (Å²) in [5.74, 6) is 0.692.